The largest absolute Gasteiger partial charge is 0.355 e. The molecular formula is C19H18N6O3S. The van der Waals surface area contributed by atoms with E-state index in [1.165, 1.54) is 25.1 Å². The van der Waals surface area contributed by atoms with Gasteiger partial charge >= 0.3 is 0 Å². The number of rotatable bonds is 5. The van der Waals surface area contributed by atoms with Gasteiger partial charge in [0.1, 0.15) is 5.82 Å². The first-order chi connectivity index (χ1) is 13.7. The minimum absolute atomic E-state index is 0.0228. The van der Waals surface area contributed by atoms with E-state index in [2.05, 4.69) is 20.7 Å². The summed E-state index contributed by atoms with van der Waals surface area (Å²) in [6, 6.07) is 9.67. The van der Waals surface area contributed by atoms with Crippen LogP contribution in [0.1, 0.15) is 12.5 Å². The first kappa shape index (κ1) is 20.0. The van der Waals surface area contributed by atoms with E-state index in [4.69, 9.17) is 0 Å². The molecule has 2 N–H and O–H groups in total. The number of hydrogen-bond donors (Lipinski definition) is 2. The summed E-state index contributed by atoms with van der Waals surface area (Å²) in [6.45, 7) is 1.37. The van der Waals surface area contributed by atoms with Crippen LogP contribution in [0.15, 0.2) is 47.6 Å². The molecule has 0 radical (unpaired) electrons. The van der Waals surface area contributed by atoms with E-state index in [1.807, 2.05) is 6.07 Å². The highest BCUT2D eigenvalue weighted by molar-refractivity contribution is 7.90. The van der Waals surface area contributed by atoms with Crippen molar-refractivity contribution in [2.24, 2.45) is 7.05 Å². The third-order valence-electron chi connectivity index (χ3n) is 3.94. The second kappa shape index (κ2) is 7.73. The number of amides is 1. The van der Waals surface area contributed by atoms with Crippen molar-refractivity contribution in [3.05, 3.63) is 48.3 Å². The number of aromatic nitrogens is 3. The lowest BCUT2D eigenvalue weighted by molar-refractivity contribution is -0.114. The lowest BCUT2D eigenvalue weighted by Crippen LogP contribution is -2.08. The molecule has 0 aliphatic carbocycles. The highest BCUT2D eigenvalue weighted by atomic mass is 32.2. The number of benzene rings is 1. The van der Waals surface area contributed by atoms with Crippen LogP contribution in [-0.2, 0) is 21.7 Å². The van der Waals surface area contributed by atoms with Crippen LogP contribution in [-0.4, -0.2) is 35.3 Å². The Bertz CT molecular complexity index is 1240. The van der Waals surface area contributed by atoms with Crippen molar-refractivity contribution in [1.29, 1.82) is 5.26 Å². The number of nitrogens with zero attached hydrogens (tertiary/aromatic N) is 4. The van der Waals surface area contributed by atoms with Gasteiger partial charge in [0.25, 0.3) is 0 Å². The van der Waals surface area contributed by atoms with Gasteiger partial charge < -0.3 is 10.6 Å². The standard InChI is InChI=1S/C19H18N6O3S/c1-12(26)22-19-9-18(16(11-21-19)17-4-5-25(2)24-17)23-14-6-13(10-20)7-15(8-14)29(3,27)28/h4-9,11H,1-3H3,(H2,21,22,23,26). The van der Waals surface area contributed by atoms with Gasteiger partial charge in [0.05, 0.1) is 27.9 Å². The second-order valence-electron chi connectivity index (χ2n) is 6.43. The molecule has 3 aromatic rings. The van der Waals surface area contributed by atoms with E-state index in [1.54, 1.807) is 36.3 Å². The molecule has 0 aliphatic heterocycles. The average Bonchev–Trinajstić information content (AvgIpc) is 3.06. The Morgan fingerprint density at radius 3 is 2.59 bits per heavy atom. The first-order valence-electron chi connectivity index (χ1n) is 8.45. The Hall–Kier alpha value is -3.71. The number of nitriles is 1. The van der Waals surface area contributed by atoms with Crippen LogP contribution in [0.25, 0.3) is 11.3 Å². The summed E-state index contributed by atoms with van der Waals surface area (Å²) < 4.78 is 25.6. The van der Waals surface area contributed by atoms with Crippen molar-refractivity contribution in [3.63, 3.8) is 0 Å². The molecule has 10 heteroatoms. The van der Waals surface area contributed by atoms with E-state index >= 15 is 0 Å². The predicted octanol–water partition coefficient (Wildman–Crippen LogP) is 2.46. The fourth-order valence-electron chi connectivity index (χ4n) is 2.68. The summed E-state index contributed by atoms with van der Waals surface area (Å²) in [6.07, 6.45) is 4.41. The molecule has 1 amide bonds. The topological polar surface area (TPSA) is 130 Å². The smallest absolute Gasteiger partial charge is 0.222 e. The number of nitrogens with one attached hydrogen (secondary N) is 2. The number of anilines is 3. The van der Waals surface area contributed by atoms with Gasteiger partial charge in [0.2, 0.25) is 5.91 Å². The summed E-state index contributed by atoms with van der Waals surface area (Å²) in [5.41, 5.74) is 2.42. The van der Waals surface area contributed by atoms with Gasteiger partial charge in [-0.05, 0) is 24.3 Å². The number of sulfone groups is 1. The molecule has 1 aromatic carbocycles. The molecule has 2 aromatic heterocycles. The molecule has 0 aliphatic rings. The van der Waals surface area contributed by atoms with Crippen molar-refractivity contribution in [1.82, 2.24) is 14.8 Å². The molecule has 29 heavy (non-hydrogen) atoms. The Morgan fingerprint density at radius 1 is 1.24 bits per heavy atom. The van der Waals surface area contributed by atoms with E-state index in [0.29, 0.717) is 28.5 Å². The Labute approximate surface area is 167 Å². The first-order valence-corrected chi connectivity index (χ1v) is 10.3. The van der Waals surface area contributed by atoms with Gasteiger partial charge in [-0.15, -0.1) is 0 Å². The maximum atomic E-state index is 12.0. The van der Waals surface area contributed by atoms with Crippen LogP contribution in [0.5, 0.6) is 0 Å². The van der Waals surface area contributed by atoms with Gasteiger partial charge in [-0.3, -0.25) is 9.48 Å². The van der Waals surface area contributed by atoms with Crippen molar-refractivity contribution in [3.8, 4) is 17.3 Å². The fraction of sp³-hybridized carbons (Fsp3) is 0.158. The molecule has 0 spiro atoms. The van der Waals surface area contributed by atoms with Crippen molar-refractivity contribution in [2.75, 3.05) is 16.9 Å². The maximum Gasteiger partial charge on any atom is 0.222 e. The van der Waals surface area contributed by atoms with Crippen LogP contribution in [0.2, 0.25) is 0 Å². The van der Waals surface area contributed by atoms with Gasteiger partial charge in [0, 0.05) is 49.9 Å². The number of pyridine rings is 1. The molecule has 0 saturated heterocycles. The van der Waals surface area contributed by atoms with Gasteiger partial charge in [-0.2, -0.15) is 10.4 Å². The summed E-state index contributed by atoms with van der Waals surface area (Å²) in [7, 11) is -1.73. The fourth-order valence-corrected chi connectivity index (χ4v) is 3.36. The zero-order chi connectivity index (χ0) is 21.2. The molecule has 0 fully saturated rings. The van der Waals surface area contributed by atoms with E-state index in [0.717, 1.165) is 6.26 Å². The third-order valence-corrected chi connectivity index (χ3v) is 5.03. The molecule has 0 atom stereocenters. The maximum absolute atomic E-state index is 12.0. The van der Waals surface area contributed by atoms with Crippen molar-refractivity contribution < 1.29 is 13.2 Å². The van der Waals surface area contributed by atoms with Crippen molar-refractivity contribution in [2.45, 2.75) is 11.8 Å². The summed E-state index contributed by atoms with van der Waals surface area (Å²) in [4.78, 5) is 15.6. The Kier molecular flexibility index (Phi) is 5.34. The minimum atomic E-state index is -3.51. The van der Waals surface area contributed by atoms with Crippen LogP contribution >= 0.6 is 0 Å². The zero-order valence-electron chi connectivity index (χ0n) is 16.0. The van der Waals surface area contributed by atoms with Crippen molar-refractivity contribution >= 4 is 32.9 Å². The SMILES string of the molecule is CC(=O)Nc1cc(Nc2cc(C#N)cc(S(C)(=O)=O)c2)c(-c2ccn(C)n2)cn1. The zero-order valence-corrected chi connectivity index (χ0v) is 16.8. The summed E-state index contributed by atoms with van der Waals surface area (Å²) in [5.74, 6) is 0.0410. The Balaban J connectivity index is 2.12. The molecule has 3 rings (SSSR count). The van der Waals surface area contributed by atoms with Gasteiger partial charge in [-0.25, -0.2) is 13.4 Å². The third kappa shape index (κ3) is 4.77. The number of carbonyl (C=O) groups is 1. The highest BCUT2D eigenvalue weighted by Crippen LogP contribution is 2.31. The van der Waals surface area contributed by atoms with Crippen LogP contribution < -0.4 is 10.6 Å². The quantitative estimate of drug-likeness (QED) is 0.661. The monoisotopic (exact) mass is 410 g/mol. The normalized spacial score (nSPS) is 11.0. The van der Waals surface area contributed by atoms with Gasteiger partial charge in [0.15, 0.2) is 9.84 Å². The Morgan fingerprint density at radius 2 is 2.00 bits per heavy atom. The number of hydrogen-bond acceptors (Lipinski definition) is 7. The number of carbonyl (C=O) groups excluding carboxylic acids is 1. The van der Waals surface area contributed by atoms with Crippen LogP contribution in [0.4, 0.5) is 17.2 Å². The van der Waals surface area contributed by atoms with Gasteiger partial charge in [-0.1, -0.05) is 0 Å². The average molecular weight is 410 g/mol. The van der Waals surface area contributed by atoms with Crippen LogP contribution in [0, 0.1) is 11.3 Å². The second-order valence-corrected chi connectivity index (χ2v) is 8.44. The molecule has 0 unspecified atom stereocenters. The molecule has 148 valence electrons. The van der Waals surface area contributed by atoms with E-state index in [-0.39, 0.29) is 16.4 Å². The minimum Gasteiger partial charge on any atom is -0.355 e. The van der Waals surface area contributed by atoms with E-state index in [9.17, 15) is 18.5 Å². The summed E-state index contributed by atoms with van der Waals surface area (Å²) >= 11 is 0. The summed E-state index contributed by atoms with van der Waals surface area (Å²) in [5, 5.41) is 19.4. The lowest BCUT2D eigenvalue weighted by Gasteiger charge is -2.14. The number of aryl methyl sites for hydroxylation is 1. The molecular weight excluding hydrogens is 392 g/mol. The predicted molar refractivity (Wildman–Crippen MR) is 108 cm³/mol. The van der Waals surface area contributed by atoms with E-state index < -0.39 is 9.84 Å². The molecule has 0 saturated carbocycles. The lowest BCUT2D eigenvalue weighted by atomic mass is 10.1. The molecule has 0 bridgehead atoms. The highest BCUT2D eigenvalue weighted by Gasteiger charge is 2.14. The van der Waals surface area contributed by atoms with Crippen LogP contribution in [0.3, 0.4) is 0 Å². The molecule has 9 nitrogen and oxygen atoms in total. The molecule has 2 heterocycles.